The summed E-state index contributed by atoms with van der Waals surface area (Å²) in [5.41, 5.74) is 0. The molecular formula is C9H15N3O6. The number of carboxylic acids is 2. The Kier molecular flexibility index (Phi) is 6.86. The number of urea groups is 1. The summed E-state index contributed by atoms with van der Waals surface area (Å²) >= 11 is 0. The van der Waals surface area contributed by atoms with Gasteiger partial charge in [0, 0.05) is 20.0 Å². The maximum atomic E-state index is 11.2. The fourth-order valence-corrected chi connectivity index (χ4v) is 0.999. The summed E-state index contributed by atoms with van der Waals surface area (Å²) in [6, 6.07) is -2.31. The van der Waals surface area contributed by atoms with Crippen LogP contribution in [-0.2, 0) is 14.4 Å². The van der Waals surface area contributed by atoms with E-state index in [1.54, 1.807) is 0 Å². The minimum absolute atomic E-state index is 0.102. The fourth-order valence-electron chi connectivity index (χ4n) is 0.999. The minimum atomic E-state index is -1.50. The molecule has 18 heavy (non-hydrogen) atoms. The molecule has 0 heterocycles. The molecule has 0 aromatic rings. The zero-order chi connectivity index (χ0) is 14.1. The Labute approximate surface area is 103 Å². The molecule has 102 valence electrons. The molecule has 9 heteroatoms. The lowest BCUT2D eigenvalue weighted by molar-refractivity contribution is -0.145. The number of carbonyl (C=O) groups excluding carboxylic acids is 2. The zero-order valence-corrected chi connectivity index (χ0v) is 9.73. The van der Waals surface area contributed by atoms with Crippen LogP contribution in [0, 0.1) is 0 Å². The van der Waals surface area contributed by atoms with Gasteiger partial charge in [0.25, 0.3) is 0 Å². The maximum Gasteiger partial charge on any atom is 0.326 e. The van der Waals surface area contributed by atoms with Crippen LogP contribution in [0.25, 0.3) is 0 Å². The van der Waals surface area contributed by atoms with E-state index in [-0.39, 0.29) is 19.0 Å². The smallest absolute Gasteiger partial charge is 0.326 e. The molecule has 0 fully saturated rings. The van der Waals surface area contributed by atoms with Gasteiger partial charge in [-0.1, -0.05) is 0 Å². The first-order chi connectivity index (χ1) is 8.32. The summed E-state index contributed by atoms with van der Waals surface area (Å²) in [4.78, 5) is 42.7. The summed E-state index contributed by atoms with van der Waals surface area (Å²) < 4.78 is 0. The number of rotatable bonds is 7. The van der Waals surface area contributed by atoms with E-state index >= 15 is 0 Å². The number of amides is 3. The Bertz CT molecular complexity index is 343. The lowest BCUT2D eigenvalue weighted by Gasteiger charge is -2.13. The second-order valence-electron chi connectivity index (χ2n) is 3.37. The molecule has 0 spiro atoms. The van der Waals surface area contributed by atoms with Gasteiger partial charge in [0.1, 0.15) is 6.04 Å². The summed E-state index contributed by atoms with van der Waals surface area (Å²) in [5.74, 6) is -3.03. The molecule has 0 bridgehead atoms. The molecule has 0 aliphatic carbocycles. The van der Waals surface area contributed by atoms with Gasteiger partial charge in [-0.3, -0.25) is 9.59 Å². The Hall–Kier alpha value is -2.32. The van der Waals surface area contributed by atoms with E-state index in [4.69, 9.17) is 10.2 Å². The summed E-state index contributed by atoms with van der Waals surface area (Å²) in [7, 11) is 0. The summed E-state index contributed by atoms with van der Waals surface area (Å²) in [5, 5.41) is 23.8. The molecule has 0 saturated carbocycles. The standard InChI is InChI=1S/C9H15N3O6/c1-5(13)10-2-3-11-9(18)12-6(8(16)17)4-7(14)15/h6H,2-4H2,1H3,(H,10,13)(H,14,15)(H,16,17)(H2,11,12,18)/t6-/m0/s1. The molecule has 0 rings (SSSR count). The van der Waals surface area contributed by atoms with Crippen molar-refractivity contribution in [2.45, 2.75) is 19.4 Å². The lowest BCUT2D eigenvalue weighted by atomic mass is 10.2. The molecule has 0 aromatic heterocycles. The molecule has 0 aliphatic heterocycles. The van der Waals surface area contributed by atoms with Gasteiger partial charge < -0.3 is 26.2 Å². The van der Waals surface area contributed by atoms with Crippen molar-refractivity contribution in [1.82, 2.24) is 16.0 Å². The van der Waals surface area contributed by atoms with Crippen LogP contribution >= 0.6 is 0 Å². The Balaban J connectivity index is 3.99. The van der Waals surface area contributed by atoms with Gasteiger partial charge in [-0.2, -0.15) is 0 Å². The van der Waals surface area contributed by atoms with Crippen molar-refractivity contribution >= 4 is 23.9 Å². The van der Waals surface area contributed by atoms with E-state index in [0.29, 0.717) is 0 Å². The van der Waals surface area contributed by atoms with Crippen molar-refractivity contribution in [1.29, 1.82) is 0 Å². The topological polar surface area (TPSA) is 145 Å². The van der Waals surface area contributed by atoms with E-state index in [9.17, 15) is 19.2 Å². The minimum Gasteiger partial charge on any atom is -0.481 e. The van der Waals surface area contributed by atoms with E-state index in [1.807, 2.05) is 5.32 Å². The van der Waals surface area contributed by atoms with Crippen molar-refractivity contribution in [3.05, 3.63) is 0 Å². The van der Waals surface area contributed by atoms with Crippen LogP contribution in [-0.4, -0.2) is 53.2 Å². The number of hydrogen-bond donors (Lipinski definition) is 5. The average molecular weight is 261 g/mol. The van der Waals surface area contributed by atoms with Crippen LogP contribution < -0.4 is 16.0 Å². The molecule has 9 nitrogen and oxygen atoms in total. The molecular weight excluding hydrogens is 246 g/mol. The molecule has 1 atom stereocenters. The van der Waals surface area contributed by atoms with E-state index in [2.05, 4.69) is 10.6 Å². The van der Waals surface area contributed by atoms with Crippen LogP contribution in [0.1, 0.15) is 13.3 Å². The van der Waals surface area contributed by atoms with Crippen molar-refractivity contribution < 1.29 is 29.4 Å². The second-order valence-corrected chi connectivity index (χ2v) is 3.37. The third kappa shape index (κ3) is 7.91. The Morgan fingerprint density at radius 2 is 1.61 bits per heavy atom. The highest BCUT2D eigenvalue weighted by molar-refractivity contribution is 5.86. The SMILES string of the molecule is CC(=O)NCCNC(=O)N[C@@H](CC(=O)O)C(=O)O. The van der Waals surface area contributed by atoms with Crippen molar-refractivity contribution in [3.8, 4) is 0 Å². The van der Waals surface area contributed by atoms with Crippen molar-refractivity contribution in [2.75, 3.05) is 13.1 Å². The first-order valence-electron chi connectivity index (χ1n) is 5.06. The molecule has 0 unspecified atom stereocenters. The normalized spacial score (nSPS) is 11.2. The van der Waals surface area contributed by atoms with E-state index in [0.717, 1.165) is 0 Å². The van der Waals surface area contributed by atoms with Crippen LogP contribution in [0.5, 0.6) is 0 Å². The highest BCUT2D eigenvalue weighted by atomic mass is 16.4. The predicted octanol–water partition coefficient (Wildman–Crippen LogP) is -1.65. The largest absolute Gasteiger partial charge is 0.481 e. The second kappa shape index (κ2) is 7.87. The number of carboxylic acid groups (broad SMARTS) is 2. The Morgan fingerprint density at radius 3 is 2.06 bits per heavy atom. The van der Waals surface area contributed by atoms with Crippen LogP contribution in [0.3, 0.4) is 0 Å². The number of carbonyl (C=O) groups is 4. The monoisotopic (exact) mass is 261 g/mol. The summed E-state index contributed by atoms with van der Waals surface area (Å²) in [6.45, 7) is 1.61. The fraction of sp³-hybridized carbons (Fsp3) is 0.556. The quantitative estimate of drug-likeness (QED) is 0.347. The molecule has 0 saturated heterocycles. The first kappa shape index (κ1) is 15.7. The maximum absolute atomic E-state index is 11.2. The third-order valence-electron chi connectivity index (χ3n) is 1.77. The van der Waals surface area contributed by atoms with E-state index < -0.39 is 30.4 Å². The van der Waals surface area contributed by atoms with Gasteiger partial charge in [0.05, 0.1) is 6.42 Å². The van der Waals surface area contributed by atoms with Gasteiger partial charge >= 0.3 is 18.0 Å². The van der Waals surface area contributed by atoms with Crippen LogP contribution in [0.2, 0.25) is 0 Å². The summed E-state index contributed by atoms with van der Waals surface area (Å²) in [6.07, 6.45) is -0.714. The lowest BCUT2D eigenvalue weighted by Crippen LogP contribution is -2.48. The number of nitrogens with one attached hydrogen (secondary N) is 3. The van der Waals surface area contributed by atoms with Crippen molar-refractivity contribution in [3.63, 3.8) is 0 Å². The van der Waals surface area contributed by atoms with Crippen LogP contribution in [0.4, 0.5) is 4.79 Å². The molecule has 3 amide bonds. The average Bonchev–Trinajstić information content (AvgIpc) is 2.22. The number of hydrogen-bond acceptors (Lipinski definition) is 4. The highest BCUT2D eigenvalue weighted by Gasteiger charge is 2.22. The zero-order valence-electron chi connectivity index (χ0n) is 9.73. The Morgan fingerprint density at radius 1 is 1.06 bits per heavy atom. The predicted molar refractivity (Wildman–Crippen MR) is 58.9 cm³/mol. The molecule has 0 aromatic carbocycles. The molecule has 5 N–H and O–H groups in total. The van der Waals surface area contributed by atoms with Gasteiger partial charge in [-0.05, 0) is 0 Å². The first-order valence-corrected chi connectivity index (χ1v) is 5.06. The van der Waals surface area contributed by atoms with Gasteiger partial charge in [0.2, 0.25) is 5.91 Å². The van der Waals surface area contributed by atoms with Gasteiger partial charge in [0.15, 0.2) is 0 Å². The van der Waals surface area contributed by atoms with Gasteiger partial charge in [-0.15, -0.1) is 0 Å². The number of aliphatic carboxylic acids is 2. The molecule has 0 aliphatic rings. The molecule has 0 radical (unpaired) electrons. The van der Waals surface area contributed by atoms with Crippen LogP contribution in [0.15, 0.2) is 0 Å². The van der Waals surface area contributed by atoms with Crippen molar-refractivity contribution in [2.24, 2.45) is 0 Å². The van der Waals surface area contributed by atoms with E-state index in [1.165, 1.54) is 6.92 Å². The van der Waals surface area contributed by atoms with Gasteiger partial charge in [-0.25, -0.2) is 9.59 Å². The third-order valence-corrected chi connectivity index (χ3v) is 1.77. The highest BCUT2D eigenvalue weighted by Crippen LogP contribution is 1.92.